The first-order chi connectivity index (χ1) is 9.20. The van der Waals surface area contributed by atoms with Crippen LogP contribution in [0.5, 0.6) is 0 Å². The standard InChI is InChI=1S/C16H25NOS/c1-3-11-17-12-9-15(10-13-17)14-5-4-6-16(8-7-14)19(2)18/h4-7,15H,3,8-13H2,1-2H3. The minimum Gasteiger partial charge on any atom is -0.303 e. The average Bonchev–Trinajstić information content (AvgIpc) is 2.66. The maximum absolute atomic E-state index is 11.5. The lowest BCUT2D eigenvalue weighted by Gasteiger charge is -2.32. The van der Waals surface area contributed by atoms with Gasteiger partial charge in [0.2, 0.25) is 0 Å². The molecule has 1 saturated heterocycles. The van der Waals surface area contributed by atoms with E-state index in [1.807, 2.05) is 6.08 Å². The lowest BCUT2D eigenvalue weighted by atomic mass is 9.88. The van der Waals surface area contributed by atoms with Gasteiger partial charge in [-0.1, -0.05) is 25.2 Å². The number of piperidine rings is 1. The van der Waals surface area contributed by atoms with Crippen LogP contribution >= 0.6 is 0 Å². The van der Waals surface area contributed by atoms with Gasteiger partial charge in [-0.05, 0) is 62.9 Å². The van der Waals surface area contributed by atoms with Gasteiger partial charge >= 0.3 is 0 Å². The van der Waals surface area contributed by atoms with Crippen LogP contribution < -0.4 is 0 Å². The molecule has 1 fully saturated rings. The maximum Gasteiger partial charge on any atom is 0.0460 e. The van der Waals surface area contributed by atoms with Crippen molar-refractivity contribution in [1.29, 1.82) is 0 Å². The summed E-state index contributed by atoms with van der Waals surface area (Å²) in [5, 5.41) is 0. The predicted octanol–water partition coefficient (Wildman–Crippen LogP) is 3.26. The first kappa shape index (κ1) is 14.7. The molecular weight excluding hydrogens is 254 g/mol. The van der Waals surface area contributed by atoms with E-state index in [0.717, 1.165) is 11.3 Å². The molecule has 0 N–H and O–H groups in total. The quantitative estimate of drug-likeness (QED) is 0.787. The van der Waals surface area contributed by atoms with Crippen molar-refractivity contribution in [2.45, 2.75) is 32.6 Å². The molecule has 1 aliphatic carbocycles. The predicted molar refractivity (Wildman–Crippen MR) is 83.4 cm³/mol. The van der Waals surface area contributed by atoms with Crippen LogP contribution in [-0.2, 0) is 10.8 Å². The summed E-state index contributed by atoms with van der Waals surface area (Å²) < 4.78 is 11.5. The van der Waals surface area contributed by atoms with Crippen LogP contribution in [0.3, 0.4) is 0 Å². The Morgan fingerprint density at radius 3 is 2.74 bits per heavy atom. The van der Waals surface area contributed by atoms with Gasteiger partial charge in [-0.3, -0.25) is 4.21 Å². The van der Waals surface area contributed by atoms with Crippen LogP contribution in [0.4, 0.5) is 0 Å². The van der Waals surface area contributed by atoms with E-state index < -0.39 is 10.8 Å². The van der Waals surface area contributed by atoms with Crippen LogP contribution in [-0.4, -0.2) is 35.0 Å². The molecule has 19 heavy (non-hydrogen) atoms. The second-order valence-electron chi connectivity index (χ2n) is 5.47. The Morgan fingerprint density at radius 1 is 1.37 bits per heavy atom. The smallest absolute Gasteiger partial charge is 0.0460 e. The van der Waals surface area contributed by atoms with Crippen molar-refractivity contribution in [1.82, 2.24) is 4.90 Å². The summed E-state index contributed by atoms with van der Waals surface area (Å²) in [7, 11) is -0.834. The van der Waals surface area contributed by atoms with Crippen LogP contribution in [0.15, 0.2) is 34.8 Å². The van der Waals surface area contributed by atoms with E-state index in [1.54, 1.807) is 6.26 Å². The highest BCUT2D eigenvalue weighted by Crippen LogP contribution is 2.28. The average molecular weight is 279 g/mol. The lowest BCUT2D eigenvalue weighted by Crippen LogP contribution is -2.34. The highest BCUT2D eigenvalue weighted by molar-refractivity contribution is 7.88. The fourth-order valence-electron chi connectivity index (χ4n) is 2.94. The Labute approximate surface area is 119 Å². The maximum atomic E-state index is 11.5. The third-order valence-corrected chi connectivity index (χ3v) is 5.12. The second kappa shape index (κ2) is 7.20. The first-order valence-corrected chi connectivity index (χ1v) is 8.89. The normalized spacial score (nSPS) is 23.7. The van der Waals surface area contributed by atoms with Crippen molar-refractivity contribution in [3.8, 4) is 0 Å². The highest BCUT2D eigenvalue weighted by atomic mass is 32.2. The SMILES string of the molecule is CCCN1CCC(C2=CCC(S(C)=O)=CC=C2)CC1. The number of hydrogen-bond acceptors (Lipinski definition) is 2. The molecule has 106 valence electrons. The van der Waals surface area contributed by atoms with Crippen molar-refractivity contribution in [2.75, 3.05) is 25.9 Å². The molecule has 1 aliphatic heterocycles. The number of allylic oxidation sites excluding steroid dienone is 6. The van der Waals surface area contributed by atoms with E-state index in [9.17, 15) is 4.21 Å². The van der Waals surface area contributed by atoms with Crippen LogP contribution in [0, 0.1) is 5.92 Å². The van der Waals surface area contributed by atoms with E-state index >= 15 is 0 Å². The summed E-state index contributed by atoms with van der Waals surface area (Å²) in [5.74, 6) is 0.697. The molecule has 1 unspecified atom stereocenters. The summed E-state index contributed by atoms with van der Waals surface area (Å²) in [6.07, 6.45) is 15.0. The van der Waals surface area contributed by atoms with E-state index in [4.69, 9.17) is 0 Å². The minimum absolute atomic E-state index is 0.697. The zero-order chi connectivity index (χ0) is 13.7. The first-order valence-electron chi connectivity index (χ1n) is 7.33. The molecule has 2 rings (SSSR count). The van der Waals surface area contributed by atoms with Crippen LogP contribution in [0.1, 0.15) is 32.6 Å². The molecule has 0 aromatic carbocycles. The van der Waals surface area contributed by atoms with Gasteiger partial charge in [-0.15, -0.1) is 0 Å². The van der Waals surface area contributed by atoms with Crippen LogP contribution in [0.2, 0.25) is 0 Å². The summed E-state index contributed by atoms with van der Waals surface area (Å²) >= 11 is 0. The summed E-state index contributed by atoms with van der Waals surface area (Å²) in [5.41, 5.74) is 1.45. The van der Waals surface area contributed by atoms with Crippen molar-refractivity contribution >= 4 is 10.8 Å². The Morgan fingerprint density at radius 2 is 2.11 bits per heavy atom. The molecule has 3 heteroatoms. The third-order valence-electron chi connectivity index (χ3n) is 4.08. The Bertz CT molecular complexity index is 414. The molecule has 0 aromatic heterocycles. The lowest BCUT2D eigenvalue weighted by molar-refractivity contribution is 0.200. The summed E-state index contributed by atoms with van der Waals surface area (Å²) in [4.78, 5) is 3.61. The molecule has 0 bridgehead atoms. The number of likely N-dealkylation sites (tertiary alicyclic amines) is 1. The molecule has 2 aliphatic rings. The van der Waals surface area contributed by atoms with Gasteiger partial charge in [-0.2, -0.15) is 0 Å². The fraction of sp³-hybridized carbons (Fsp3) is 0.625. The topological polar surface area (TPSA) is 20.3 Å². The van der Waals surface area contributed by atoms with Gasteiger partial charge in [0.1, 0.15) is 0 Å². The van der Waals surface area contributed by atoms with E-state index in [-0.39, 0.29) is 0 Å². The fourth-order valence-corrected chi connectivity index (χ4v) is 3.53. The Balaban J connectivity index is 1.92. The van der Waals surface area contributed by atoms with Gasteiger partial charge in [0.25, 0.3) is 0 Å². The molecule has 2 nitrogen and oxygen atoms in total. The zero-order valence-corrected chi connectivity index (χ0v) is 12.9. The zero-order valence-electron chi connectivity index (χ0n) is 12.1. The monoisotopic (exact) mass is 279 g/mol. The van der Waals surface area contributed by atoms with Crippen molar-refractivity contribution in [3.63, 3.8) is 0 Å². The van der Waals surface area contributed by atoms with Gasteiger partial charge < -0.3 is 4.90 Å². The number of rotatable bonds is 4. The van der Waals surface area contributed by atoms with Gasteiger partial charge in [-0.25, -0.2) is 0 Å². The molecule has 1 atom stereocenters. The van der Waals surface area contributed by atoms with Crippen molar-refractivity contribution in [2.24, 2.45) is 5.92 Å². The van der Waals surface area contributed by atoms with Gasteiger partial charge in [0, 0.05) is 22.0 Å². The molecule has 0 aromatic rings. The molecule has 0 saturated carbocycles. The molecular formula is C16H25NOS. The Kier molecular flexibility index (Phi) is 5.59. The van der Waals surface area contributed by atoms with Gasteiger partial charge in [0.05, 0.1) is 0 Å². The highest BCUT2D eigenvalue weighted by Gasteiger charge is 2.21. The Hall–Kier alpha value is -0.670. The van der Waals surface area contributed by atoms with E-state index in [1.165, 1.54) is 44.5 Å². The van der Waals surface area contributed by atoms with E-state index in [0.29, 0.717) is 5.92 Å². The van der Waals surface area contributed by atoms with Crippen molar-refractivity contribution in [3.05, 3.63) is 34.8 Å². The molecule has 0 spiro atoms. The minimum atomic E-state index is -0.834. The van der Waals surface area contributed by atoms with E-state index in [2.05, 4.69) is 30.1 Å². The number of nitrogens with zero attached hydrogens (tertiary/aromatic N) is 1. The van der Waals surface area contributed by atoms with Gasteiger partial charge in [0.15, 0.2) is 0 Å². The van der Waals surface area contributed by atoms with Crippen LogP contribution in [0.25, 0.3) is 0 Å². The molecule has 0 radical (unpaired) electrons. The largest absolute Gasteiger partial charge is 0.303 e. The third kappa shape index (κ3) is 4.15. The summed E-state index contributed by atoms with van der Waals surface area (Å²) in [6, 6.07) is 0. The van der Waals surface area contributed by atoms with Crippen molar-refractivity contribution < 1.29 is 4.21 Å². The molecule has 1 heterocycles. The second-order valence-corrected chi connectivity index (χ2v) is 6.90. The summed E-state index contributed by atoms with van der Waals surface area (Å²) in [6.45, 7) is 5.94. The molecule has 0 amide bonds. The number of hydrogen-bond donors (Lipinski definition) is 0.